The van der Waals surface area contributed by atoms with E-state index >= 15 is 0 Å². The minimum Gasteiger partial charge on any atom is -0.493 e. The molecule has 0 aliphatic carbocycles. The van der Waals surface area contributed by atoms with E-state index in [9.17, 15) is 17.6 Å². The number of nitrogens with zero attached hydrogens (tertiary/aromatic N) is 1. The number of aromatic nitrogens is 1. The predicted octanol–water partition coefficient (Wildman–Crippen LogP) is 4.11. The number of ether oxygens (including phenoxy) is 2. The van der Waals surface area contributed by atoms with Crippen molar-refractivity contribution in [2.24, 2.45) is 0 Å². The largest absolute Gasteiger partial charge is 0.493 e. The van der Waals surface area contributed by atoms with Crippen molar-refractivity contribution >= 4 is 11.8 Å². The fourth-order valence-corrected chi connectivity index (χ4v) is 2.69. The second kappa shape index (κ2) is 6.43. The minimum absolute atomic E-state index is 0.325. The van der Waals surface area contributed by atoms with E-state index in [2.05, 4.69) is 4.98 Å². The first-order chi connectivity index (χ1) is 10.4. The van der Waals surface area contributed by atoms with Crippen molar-refractivity contribution in [2.45, 2.75) is 16.7 Å². The summed E-state index contributed by atoms with van der Waals surface area (Å²) in [5.41, 5.74) is 0.596. The smallest absolute Gasteiger partial charge is 0.252 e. The van der Waals surface area contributed by atoms with E-state index in [1.54, 1.807) is 13.0 Å². The van der Waals surface area contributed by atoms with Crippen molar-refractivity contribution in [1.82, 2.24) is 4.98 Å². The van der Waals surface area contributed by atoms with Crippen molar-refractivity contribution in [2.75, 3.05) is 14.2 Å². The van der Waals surface area contributed by atoms with E-state index < -0.39 is 28.4 Å². The molecular weight excluding hydrogens is 322 g/mol. The van der Waals surface area contributed by atoms with Crippen LogP contribution in [-0.4, -0.2) is 19.2 Å². The van der Waals surface area contributed by atoms with Crippen LogP contribution in [0.1, 0.15) is 5.56 Å². The monoisotopic (exact) mass is 333 g/mol. The Hall–Kier alpha value is -1.96. The lowest BCUT2D eigenvalue weighted by Gasteiger charge is -2.13. The molecule has 118 valence electrons. The van der Waals surface area contributed by atoms with E-state index in [-0.39, 0.29) is 0 Å². The number of benzene rings is 1. The molecule has 0 saturated carbocycles. The van der Waals surface area contributed by atoms with Crippen LogP contribution in [0.4, 0.5) is 17.6 Å². The number of hydrogen-bond donors (Lipinski definition) is 0. The van der Waals surface area contributed by atoms with Crippen LogP contribution in [-0.2, 0) is 0 Å². The van der Waals surface area contributed by atoms with Crippen LogP contribution in [0.25, 0.3) is 0 Å². The topological polar surface area (TPSA) is 31.4 Å². The summed E-state index contributed by atoms with van der Waals surface area (Å²) in [6.07, 6.45) is 0. The quantitative estimate of drug-likeness (QED) is 0.622. The standard InChI is InChI=1S/C14H11F4NO2S/c1-6-4-7(20-2)8(21-3)5-9(6)22-12-10(15)13(17)19-14(18)11(12)16/h4-5H,1-3H3. The number of halogens is 4. The summed E-state index contributed by atoms with van der Waals surface area (Å²) in [6.45, 7) is 1.66. The van der Waals surface area contributed by atoms with Crippen molar-refractivity contribution in [3.05, 3.63) is 41.2 Å². The lowest BCUT2D eigenvalue weighted by Crippen LogP contribution is -2.02. The summed E-state index contributed by atoms with van der Waals surface area (Å²) in [7, 11) is 2.84. The summed E-state index contributed by atoms with van der Waals surface area (Å²) < 4.78 is 63.8. The minimum atomic E-state index is -1.69. The summed E-state index contributed by atoms with van der Waals surface area (Å²) in [4.78, 5) is 2.07. The van der Waals surface area contributed by atoms with E-state index in [4.69, 9.17) is 9.47 Å². The molecule has 0 atom stereocenters. The number of rotatable bonds is 4. The number of methoxy groups -OCH3 is 2. The Morgan fingerprint density at radius 1 is 0.909 bits per heavy atom. The van der Waals surface area contributed by atoms with E-state index in [1.165, 1.54) is 20.3 Å². The first kappa shape index (κ1) is 16.4. The van der Waals surface area contributed by atoms with Crippen molar-refractivity contribution < 1.29 is 27.0 Å². The molecule has 2 rings (SSSR count). The van der Waals surface area contributed by atoms with Gasteiger partial charge in [-0.15, -0.1) is 0 Å². The Balaban J connectivity index is 2.52. The third kappa shape index (κ3) is 2.96. The molecule has 2 aromatic rings. The van der Waals surface area contributed by atoms with Gasteiger partial charge in [0.1, 0.15) is 0 Å². The highest BCUT2D eigenvalue weighted by Crippen LogP contribution is 2.40. The normalized spacial score (nSPS) is 10.7. The van der Waals surface area contributed by atoms with Crippen LogP contribution in [0.15, 0.2) is 21.9 Å². The number of aryl methyl sites for hydroxylation is 1. The van der Waals surface area contributed by atoms with Crippen molar-refractivity contribution in [1.29, 1.82) is 0 Å². The van der Waals surface area contributed by atoms with Gasteiger partial charge in [0.15, 0.2) is 23.1 Å². The van der Waals surface area contributed by atoms with E-state index in [0.29, 0.717) is 33.7 Å². The van der Waals surface area contributed by atoms with Crippen LogP contribution in [0.3, 0.4) is 0 Å². The predicted molar refractivity (Wildman–Crippen MR) is 72.5 cm³/mol. The molecule has 0 N–H and O–H groups in total. The van der Waals surface area contributed by atoms with Crippen LogP contribution >= 0.6 is 11.8 Å². The molecule has 0 saturated heterocycles. The molecule has 22 heavy (non-hydrogen) atoms. The highest BCUT2D eigenvalue weighted by molar-refractivity contribution is 7.99. The lowest BCUT2D eigenvalue weighted by atomic mass is 10.2. The van der Waals surface area contributed by atoms with Gasteiger partial charge >= 0.3 is 0 Å². The van der Waals surface area contributed by atoms with Crippen LogP contribution < -0.4 is 9.47 Å². The molecular formula is C14H11F4NO2S. The zero-order valence-corrected chi connectivity index (χ0v) is 12.7. The molecule has 1 aromatic heterocycles. The van der Waals surface area contributed by atoms with Crippen molar-refractivity contribution in [3.63, 3.8) is 0 Å². The molecule has 0 spiro atoms. The molecule has 1 heterocycles. The first-order valence-electron chi connectivity index (χ1n) is 5.99. The Labute approximate surface area is 128 Å². The highest BCUT2D eigenvalue weighted by atomic mass is 32.2. The number of hydrogen-bond acceptors (Lipinski definition) is 4. The average Bonchev–Trinajstić information content (AvgIpc) is 2.50. The maximum absolute atomic E-state index is 13.7. The maximum atomic E-state index is 13.7. The second-order valence-corrected chi connectivity index (χ2v) is 5.28. The summed E-state index contributed by atoms with van der Waals surface area (Å²) >= 11 is 0.539. The van der Waals surface area contributed by atoms with Gasteiger partial charge in [0.25, 0.3) is 11.9 Å². The van der Waals surface area contributed by atoms with Gasteiger partial charge in [0.05, 0.1) is 19.1 Å². The first-order valence-corrected chi connectivity index (χ1v) is 6.81. The summed E-state index contributed by atoms with van der Waals surface area (Å²) in [6, 6.07) is 3.05. The summed E-state index contributed by atoms with van der Waals surface area (Å²) in [5, 5.41) is 0. The maximum Gasteiger partial charge on any atom is 0.252 e. The average molecular weight is 333 g/mol. The molecule has 8 heteroatoms. The van der Waals surface area contributed by atoms with Gasteiger partial charge in [-0.05, 0) is 24.6 Å². The number of pyridine rings is 1. The molecule has 0 radical (unpaired) electrons. The molecule has 0 amide bonds. The highest BCUT2D eigenvalue weighted by Gasteiger charge is 2.22. The van der Waals surface area contributed by atoms with Gasteiger partial charge in [-0.2, -0.15) is 13.8 Å². The zero-order valence-electron chi connectivity index (χ0n) is 11.8. The molecule has 0 aliphatic rings. The SMILES string of the molecule is COc1cc(C)c(Sc2c(F)c(F)nc(F)c2F)cc1OC. The zero-order chi connectivity index (χ0) is 16.4. The molecule has 3 nitrogen and oxygen atoms in total. The third-order valence-electron chi connectivity index (χ3n) is 2.85. The van der Waals surface area contributed by atoms with Gasteiger partial charge in [0, 0.05) is 4.90 Å². The van der Waals surface area contributed by atoms with Gasteiger partial charge in [-0.1, -0.05) is 11.8 Å². The fraction of sp³-hybridized carbons (Fsp3) is 0.214. The van der Waals surface area contributed by atoms with Gasteiger partial charge < -0.3 is 9.47 Å². The molecule has 0 unspecified atom stereocenters. The van der Waals surface area contributed by atoms with Gasteiger partial charge in [0.2, 0.25) is 0 Å². The summed E-state index contributed by atoms with van der Waals surface area (Å²) in [5.74, 6) is -5.72. The molecule has 0 aliphatic heterocycles. The Morgan fingerprint density at radius 3 is 1.91 bits per heavy atom. The Morgan fingerprint density at radius 2 is 1.41 bits per heavy atom. The fourth-order valence-electron chi connectivity index (χ4n) is 1.74. The van der Waals surface area contributed by atoms with Crippen molar-refractivity contribution in [3.8, 4) is 11.5 Å². The Kier molecular flexibility index (Phi) is 4.80. The third-order valence-corrected chi connectivity index (χ3v) is 4.07. The molecule has 0 bridgehead atoms. The molecule has 1 aromatic carbocycles. The lowest BCUT2D eigenvalue weighted by molar-refractivity contribution is 0.353. The van der Waals surface area contributed by atoms with E-state index in [0.717, 1.165) is 0 Å². The van der Waals surface area contributed by atoms with E-state index in [1.807, 2.05) is 0 Å². The van der Waals surface area contributed by atoms with Gasteiger partial charge in [-0.3, -0.25) is 0 Å². The molecule has 0 fully saturated rings. The van der Waals surface area contributed by atoms with Crippen LogP contribution in [0, 0.1) is 30.5 Å². The van der Waals surface area contributed by atoms with Crippen LogP contribution in [0.5, 0.6) is 11.5 Å². The van der Waals surface area contributed by atoms with Gasteiger partial charge in [-0.25, -0.2) is 8.78 Å². The van der Waals surface area contributed by atoms with Crippen LogP contribution in [0.2, 0.25) is 0 Å². The second-order valence-electron chi connectivity index (χ2n) is 4.23. The Bertz CT molecular complexity index is 698.